The first-order valence-corrected chi connectivity index (χ1v) is 5.90. The zero-order valence-electron chi connectivity index (χ0n) is 10.1. The fraction of sp³-hybridized carbons (Fsp3) is 0.214. The third-order valence-corrected chi connectivity index (χ3v) is 2.54. The van der Waals surface area contributed by atoms with Crippen LogP contribution in [0.2, 0.25) is 0 Å². The second kappa shape index (κ2) is 6.74. The summed E-state index contributed by atoms with van der Waals surface area (Å²) in [4.78, 5) is 16.7. The predicted molar refractivity (Wildman–Crippen MR) is 69.9 cm³/mol. The molecule has 4 nitrogen and oxygen atoms in total. The summed E-state index contributed by atoms with van der Waals surface area (Å²) in [7, 11) is 0. The minimum Gasteiger partial charge on any atom is -0.314 e. The first kappa shape index (κ1) is 12.5. The molecule has 1 heterocycles. The van der Waals surface area contributed by atoms with E-state index in [1.165, 1.54) is 0 Å². The highest BCUT2D eigenvalue weighted by atomic mass is 16.6. The molecule has 94 valence electrons. The molecule has 0 fully saturated rings. The number of benzene rings is 1. The van der Waals surface area contributed by atoms with E-state index >= 15 is 0 Å². The molecule has 0 aliphatic carbocycles. The second-order valence-electron chi connectivity index (χ2n) is 3.90. The number of hydroxylamine groups is 1. The Hall–Kier alpha value is -1.91. The Bertz CT molecular complexity index is 523. The van der Waals surface area contributed by atoms with Crippen molar-refractivity contribution in [3.05, 3.63) is 70.6 Å². The van der Waals surface area contributed by atoms with E-state index < -0.39 is 0 Å². The molecule has 4 heteroatoms. The SMILES string of the molecule is O=c1ccccn1CCNOCc1ccccc1. The van der Waals surface area contributed by atoms with Crippen molar-refractivity contribution >= 4 is 0 Å². The number of nitrogens with one attached hydrogen (secondary N) is 1. The molecular weight excluding hydrogens is 228 g/mol. The van der Waals surface area contributed by atoms with Crippen molar-refractivity contribution in [3.63, 3.8) is 0 Å². The number of hydrogen-bond donors (Lipinski definition) is 1. The monoisotopic (exact) mass is 244 g/mol. The number of nitrogens with zero attached hydrogens (tertiary/aromatic N) is 1. The van der Waals surface area contributed by atoms with Gasteiger partial charge in [-0.3, -0.25) is 9.63 Å². The third-order valence-electron chi connectivity index (χ3n) is 2.54. The van der Waals surface area contributed by atoms with Crippen LogP contribution in [0.1, 0.15) is 5.56 Å². The van der Waals surface area contributed by atoms with Crippen LogP contribution in [-0.2, 0) is 18.0 Å². The molecule has 2 aromatic rings. The smallest absolute Gasteiger partial charge is 0.250 e. The number of pyridine rings is 1. The van der Waals surface area contributed by atoms with Crippen LogP contribution in [0, 0.1) is 0 Å². The summed E-state index contributed by atoms with van der Waals surface area (Å²) in [5.74, 6) is 0. The normalized spacial score (nSPS) is 10.4. The maximum absolute atomic E-state index is 11.4. The molecule has 0 atom stereocenters. The lowest BCUT2D eigenvalue weighted by Crippen LogP contribution is -2.26. The molecular formula is C14H16N2O2. The summed E-state index contributed by atoms with van der Waals surface area (Å²) in [5, 5.41) is 0. The van der Waals surface area contributed by atoms with Crippen molar-refractivity contribution in [2.75, 3.05) is 6.54 Å². The van der Waals surface area contributed by atoms with Crippen LogP contribution in [0.4, 0.5) is 0 Å². The lowest BCUT2D eigenvalue weighted by Gasteiger charge is -2.07. The van der Waals surface area contributed by atoms with Gasteiger partial charge in [-0.25, -0.2) is 5.48 Å². The number of hydrogen-bond acceptors (Lipinski definition) is 3. The van der Waals surface area contributed by atoms with Crippen molar-refractivity contribution in [1.29, 1.82) is 0 Å². The summed E-state index contributed by atoms with van der Waals surface area (Å²) in [5.41, 5.74) is 3.96. The van der Waals surface area contributed by atoms with E-state index in [0.29, 0.717) is 19.7 Å². The molecule has 0 saturated heterocycles. The first-order valence-electron chi connectivity index (χ1n) is 5.90. The minimum absolute atomic E-state index is 0.00218. The second-order valence-corrected chi connectivity index (χ2v) is 3.90. The summed E-state index contributed by atoms with van der Waals surface area (Å²) < 4.78 is 1.64. The van der Waals surface area contributed by atoms with Gasteiger partial charge in [0.2, 0.25) is 0 Å². The molecule has 0 aliphatic heterocycles. The number of rotatable bonds is 6. The van der Waals surface area contributed by atoms with Gasteiger partial charge in [0.1, 0.15) is 0 Å². The van der Waals surface area contributed by atoms with Crippen LogP contribution in [0.5, 0.6) is 0 Å². The van der Waals surface area contributed by atoms with Crippen LogP contribution in [0.25, 0.3) is 0 Å². The van der Waals surface area contributed by atoms with Gasteiger partial charge in [-0.2, -0.15) is 0 Å². The lowest BCUT2D eigenvalue weighted by atomic mass is 10.2. The molecule has 0 amide bonds. The van der Waals surface area contributed by atoms with E-state index in [9.17, 15) is 4.79 Å². The lowest BCUT2D eigenvalue weighted by molar-refractivity contribution is 0.0262. The maximum Gasteiger partial charge on any atom is 0.250 e. The number of aromatic nitrogens is 1. The molecule has 0 radical (unpaired) electrons. The summed E-state index contributed by atoms with van der Waals surface area (Å²) in [6.45, 7) is 1.70. The molecule has 0 spiro atoms. The topological polar surface area (TPSA) is 43.3 Å². The van der Waals surface area contributed by atoms with Gasteiger partial charge >= 0.3 is 0 Å². The zero-order valence-corrected chi connectivity index (χ0v) is 10.1. The van der Waals surface area contributed by atoms with E-state index in [-0.39, 0.29) is 5.56 Å². The molecule has 0 bridgehead atoms. The molecule has 0 saturated carbocycles. The summed E-state index contributed by atoms with van der Waals surface area (Å²) >= 11 is 0. The van der Waals surface area contributed by atoms with E-state index in [2.05, 4.69) is 5.48 Å². The van der Waals surface area contributed by atoms with E-state index in [0.717, 1.165) is 5.56 Å². The average molecular weight is 244 g/mol. The van der Waals surface area contributed by atoms with Crippen molar-refractivity contribution < 1.29 is 4.84 Å². The molecule has 0 aliphatic rings. The zero-order chi connectivity index (χ0) is 12.6. The molecule has 1 aromatic carbocycles. The van der Waals surface area contributed by atoms with Gasteiger partial charge in [-0.15, -0.1) is 0 Å². The Balaban J connectivity index is 1.68. The molecule has 0 unspecified atom stereocenters. The van der Waals surface area contributed by atoms with Gasteiger partial charge in [0.15, 0.2) is 0 Å². The Labute approximate surface area is 106 Å². The largest absolute Gasteiger partial charge is 0.314 e. The van der Waals surface area contributed by atoms with Crippen LogP contribution in [0.15, 0.2) is 59.5 Å². The van der Waals surface area contributed by atoms with Gasteiger partial charge in [0.25, 0.3) is 5.56 Å². The van der Waals surface area contributed by atoms with Crippen LogP contribution >= 0.6 is 0 Å². The van der Waals surface area contributed by atoms with Crippen LogP contribution in [-0.4, -0.2) is 11.1 Å². The molecule has 1 aromatic heterocycles. The van der Waals surface area contributed by atoms with Gasteiger partial charge < -0.3 is 4.57 Å². The third kappa shape index (κ3) is 3.84. The van der Waals surface area contributed by atoms with Gasteiger partial charge in [-0.05, 0) is 11.6 Å². The van der Waals surface area contributed by atoms with Gasteiger partial charge in [-0.1, -0.05) is 36.4 Å². The van der Waals surface area contributed by atoms with Crippen molar-refractivity contribution in [3.8, 4) is 0 Å². The molecule has 1 N–H and O–H groups in total. The Kier molecular flexibility index (Phi) is 4.69. The van der Waals surface area contributed by atoms with Crippen molar-refractivity contribution in [2.24, 2.45) is 0 Å². The molecule has 2 rings (SSSR count). The van der Waals surface area contributed by atoms with Crippen LogP contribution < -0.4 is 11.0 Å². The van der Waals surface area contributed by atoms with Crippen molar-refractivity contribution in [1.82, 2.24) is 10.0 Å². The molecule has 18 heavy (non-hydrogen) atoms. The summed E-state index contributed by atoms with van der Waals surface area (Å²) in [6, 6.07) is 15.0. The van der Waals surface area contributed by atoms with Crippen LogP contribution in [0.3, 0.4) is 0 Å². The highest BCUT2D eigenvalue weighted by Gasteiger charge is 1.94. The Morgan fingerprint density at radius 1 is 1.06 bits per heavy atom. The standard InChI is InChI=1S/C14H16N2O2/c17-14-8-4-5-10-16(14)11-9-15-18-12-13-6-2-1-3-7-13/h1-8,10,15H,9,11-12H2. The van der Waals surface area contributed by atoms with Crippen molar-refractivity contribution in [2.45, 2.75) is 13.2 Å². The fourth-order valence-corrected chi connectivity index (χ4v) is 1.59. The predicted octanol–water partition coefficient (Wildman–Crippen LogP) is 1.57. The Morgan fingerprint density at radius 2 is 1.83 bits per heavy atom. The first-order chi connectivity index (χ1) is 8.86. The highest BCUT2D eigenvalue weighted by molar-refractivity contribution is 5.13. The summed E-state index contributed by atoms with van der Waals surface area (Å²) in [6.07, 6.45) is 1.77. The quantitative estimate of drug-likeness (QED) is 0.619. The minimum atomic E-state index is 0.00218. The van der Waals surface area contributed by atoms with E-state index in [4.69, 9.17) is 4.84 Å². The van der Waals surface area contributed by atoms with Gasteiger partial charge in [0.05, 0.1) is 6.61 Å². The highest BCUT2D eigenvalue weighted by Crippen LogP contribution is 1.98. The fourth-order valence-electron chi connectivity index (χ4n) is 1.59. The maximum atomic E-state index is 11.4. The van der Waals surface area contributed by atoms with E-state index in [1.807, 2.05) is 36.4 Å². The van der Waals surface area contributed by atoms with E-state index in [1.54, 1.807) is 22.9 Å². The average Bonchev–Trinajstić information content (AvgIpc) is 2.42. The Morgan fingerprint density at radius 3 is 2.61 bits per heavy atom. The van der Waals surface area contributed by atoms with Gasteiger partial charge in [0, 0.05) is 25.4 Å².